The van der Waals surface area contributed by atoms with Crippen molar-refractivity contribution in [3.05, 3.63) is 42.1 Å². The van der Waals surface area contributed by atoms with Crippen molar-refractivity contribution >= 4 is 10.9 Å². The van der Waals surface area contributed by atoms with Crippen LogP contribution in [0.2, 0.25) is 0 Å². The summed E-state index contributed by atoms with van der Waals surface area (Å²) in [6.45, 7) is 6.29. The Morgan fingerprint density at radius 3 is 2.83 bits per heavy atom. The highest BCUT2D eigenvalue weighted by Gasteiger charge is 2.29. The minimum atomic E-state index is -0.663. The predicted octanol–water partition coefficient (Wildman–Crippen LogP) is 3.08. The molecule has 1 heterocycles. The second-order valence-corrected chi connectivity index (χ2v) is 4.89. The van der Waals surface area contributed by atoms with Gasteiger partial charge in [-0.25, -0.2) is 0 Å². The average Bonchev–Trinajstić information content (AvgIpc) is 2.37. The highest BCUT2D eigenvalue weighted by molar-refractivity contribution is 5.78. The second-order valence-electron chi connectivity index (χ2n) is 4.89. The van der Waals surface area contributed by atoms with Crippen molar-refractivity contribution < 1.29 is 9.84 Å². The molecule has 0 radical (unpaired) electrons. The van der Waals surface area contributed by atoms with E-state index < -0.39 is 11.7 Å². The summed E-state index contributed by atoms with van der Waals surface area (Å²) in [5.41, 5.74) is 1.12. The lowest BCUT2D eigenvalue weighted by atomic mass is 9.94. The third-order valence-corrected chi connectivity index (χ3v) is 3.12. The van der Waals surface area contributed by atoms with Gasteiger partial charge in [0.1, 0.15) is 6.10 Å². The molecule has 96 valence electrons. The number of hydrogen-bond acceptors (Lipinski definition) is 3. The highest BCUT2D eigenvalue weighted by Crippen LogP contribution is 2.30. The van der Waals surface area contributed by atoms with Crippen LogP contribution in [-0.2, 0) is 4.74 Å². The molecule has 1 aromatic heterocycles. The SMILES string of the molecule is CCOC(C)(C)C(O)c1ccc2cccnc2c1. The summed E-state index contributed by atoms with van der Waals surface area (Å²) < 4.78 is 5.59. The minimum absolute atomic E-state index is 0.579. The number of fused-ring (bicyclic) bond motifs is 1. The maximum Gasteiger partial charge on any atom is 0.107 e. The zero-order valence-corrected chi connectivity index (χ0v) is 11.1. The molecule has 0 saturated carbocycles. The molecule has 3 heteroatoms. The zero-order valence-electron chi connectivity index (χ0n) is 11.1. The molecule has 0 saturated heterocycles. The van der Waals surface area contributed by atoms with Crippen molar-refractivity contribution in [2.45, 2.75) is 32.5 Å². The van der Waals surface area contributed by atoms with Crippen molar-refractivity contribution in [3.63, 3.8) is 0 Å². The first kappa shape index (κ1) is 13.0. The van der Waals surface area contributed by atoms with Crippen molar-refractivity contribution in [1.82, 2.24) is 4.98 Å². The lowest BCUT2D eigenvalue weighted by Crippen LogP contribution is -2.32. The summed E-state index contributed by atoms with van der Waals surface area (Å²) in [4.78, 5) is 4.30. The molecule has 1 atom stereocenters. The van der Waals surface area contributed by atoms with E-state index in [9.17, 15) is 5.11 Å². The van der Waals surface area contributed by atoms with Gasteiger partial charge in [-0.15, -0.1) is 0 Å². The summed E-state index contributed by atoms with van der Waals surface area (Å²) in [5.74, 6) is 0. The van der Waals surface area contributed by atoms with E-state index >= 15 is 0 Å². The van der Waals surface area contributed by atoms with Crippen molar-refractivity contribution in [3.8, 4) is 0 Å². The van der Waals surface area contributed by atoms with Crippen LogP contribution in [-0.4, -0.2) is 22.3 Å². The molecule has 0 spiro atoms. The van der Waals surface area contributed by atoms with Gasteiger partial charge in [-0.2, -0.15) is 0 Å². The van der Waals surface area contributed by atoms with Gasteiger partial charge >= 0.3 is 0 Å². The molecule has 0 aliphatic heterocycles. The molecule has 18 heavy (non-hydrogen) atoms. The largest absolute Gasteiger partial charge is 0.385 e. The van der Waals surface area contributed by atoms with Crippen molar-refractivity contribution in [2.24, 2.45) is 0 Å². The number of rotatable bonds is 4. The fourth-order valence-electron chi connectivity index (χ4n) is 2.11. The minimum Gasteiger partial charge on any atom is -0.385 e. The Morgan fingerprint density at radius 2 is 2.11 bits per heavy atom. The number of aliphatic hydroxyl groups excluding tert-OH is 1. The quantitative estimate of drug-likeness (QED) is 0.900. The fourth-order valence-corrected chi connectivity index (χ4v) is 2.11. The van der Waals surface area contributed by atoms with Crippen molar-refractivity contribution in [2.75, 3.05) is 6.61 Å². The van der Waals surface area contributed by atoms with Crippen molar-refractivity contribution in [1.29, 1.82) is 0 Å². The number of aliphatic hydroxyl groups is 1. The van der Waals surface area contributed by atoms with Gasteiger partial charge in [0, 0.05) is 18.2 Å². The first-order valence-electron chi connectivity index (χ1n) is 6.21. The van der Waals surface area contributed by atoms with E-state index in [1.54, 1.807) is 6.20 Å². The highest BCUT2D eigenvalue weighted by atomic mass is 16.5. The molecule has 2 aromatic rings. The average molecular weight is 245 g/mol. The molecule has 0 amide bonds. The van der Waals surface area contributed by atoms with Gasteiger partial charge in [0.2, 0.25) is 0 Å². The fraction of sp³-hybridized carbons (Fsp3) is 0.400. The maximum atomic E-state index is 10.4. The Bertz CT molecular complexity index is 537. The van der Waals surface area contributed by atoms with Crippen LogP contribution in [0.5, 0.6) is 0 Å². The molecule has 0 aliphatic carbocycles. The number of ether oxygens (including phenoxy) is 1. The molecule has 1 unspecified atom stereocenters. The van der Waals surface area contributed by atoms with Crippen LogP contribution in [0.1, 0.15) is 32.4 Å². The second kappa shape index (κ2) is 5.04. The standard InChI is InChI=1S/C15H19NO2/c1-4-18-15(2,3)14(17)12-8-7-11-6-5-9-16-13(11)10-12/h5-10,14,17H,4H2,1-3H3. The summed E-state index contributed by atoms with van der Waals surface area (Å²) in [7, 11) is 0. The molecule has 0 fully saturated rings. The Balaban J connectivity index is 2.36. The van der Waals surface area contributed by atoms with Crippen LogP contribution in [0.15, 0.2) is 36.5 Å². The Hall–Kier alpha value is -1.45. The van der Waals surface area contributed by atoms with E-state index in [1.165, 1.54) is 0 Å². The summed E-state index contributed by atoms with van der Waals surface area (Å²) in [6, 6.07) is 9.73. The molecule has 1 aromatic carbocycles. The molecule has 2 rings (SSSR count). The monoisotopic (exact) mass is 245 g/mol. The van der Waals surface area contributed by atoms with E-state index in [0.717, 1.165) is 16.5 Å². The van der Waals surface area contributed by atoms with Crippen LogP contribution in [0, 0.1) is 0 Å². The maximum absolute atomic E-state index is 10.4. The molecular formula is C15H19NO2. The Morgan fingerprint density at radius 1 is 1.33 bits per heavy atom. The van der Waals surface area contributed by atoms with Gasteiger partial charge in [0.05, 0.1) is 11.1 Å². The molecular weight excluding hydrogens is 226 g/mol. The number of pyridine rings is 1. The van der Waals surface area contributed by atoms with Crippen LogP contribution < -0.4 is 0 Å². The Labute approximate surface area is 107 Å². The van der Waals surface area contributed by atoms with Gasteiger partial charge in [-0.1, -0.05) is 18.2 Å². The summed E-state index contributed by atoms with van der Waals surface area (Å²) >= 11 is 0. The molecule has 1 N–H and O–H groups in total. The predicted molar refractivity (Wildman–Crippen MR) is 72.4 cm³/mol. The lowest BCUT2D eigenvalue weighted by Gasteiger charge is -2.30. The van der Waals surface area contributed by atoms with E-state index in [-0.39, 0.29) is 0 Å². The first-order valence-corrected chi connectivity index (χ1v) is 6.21. The smallest absolute Gasteiger partial charge is 0.107 e. The van der Waals surface area contributed by atoms with Gasteiger partial charge in [0.25, 0.3) is 0 Å². The topological polar surface area (TPSA) is 42.4 Å². The lowest BCUT2D eigenvalue weighted by molar-refractivity contribution is -0.0983. The van der Waals surface area contributed by atoms with E-state index in [4.69, 9.17) is 4.74 Å². The van der Waals surface area contributed by atoms with E-state index in [2.05, 4.69) is 4.98 Å². The van der Waals surface area contributed by atoms with Gasteiger partial charge in [-0.05, 0) is 38.5 Å². The number of hydrogen-bond donors (Lipinski definition) is 1. The third-order valence-electron chi connectivity index (χ3n) is 3.12. The van der Waals surface area contributed by atoms with Crippen LogP contribution in [0.3, 0.4) is 0 Å². The number of nitrogens with zero attached hydrogens (tertiary/aromatic N) is 1. The molecule has 0 bridgehead atoms. The number of aromatic nitrogens is 1. The summed E-state index contributed by atoms with van der Waals surface area (Å²) in [5, 5.41) is 11.5. The zero-order chi connectivity index (χ0) is 13.2. The molecule has 0 aliphatic rings. The Kier molecular flexibility index (Phi) is 3.64. The number of benzene rings is 1. The normalized spacial score (nSPS) is 13.8. The van der Waals surface area contributed by atoms with Gasteiger partial charge in [-0.3, -0.25) is 4.98 Å². The first-order chi connectivity index (χ1) is 8.54. The third kappa shape index (κ3) is 2.52. The van der Waals surface area contributed by atoms with Gasteiger partial charge in [0.15, 0.2) is 0 Å². The van der Waals surface area contributed by atoms with Crippen LogP contribution in [0.25, 0.3) is 10.9 Å². The van der Waals surface area contributed by atoms with E-state index in [1.807, 2.05) is 51.1 Å². The van der Waals surface area contributed by atoms with E-state index in [0.29, 0.717) is 6.61 Å². The summed E-state index contributed by atoms with van der Waals surface area (Å²) in [6.07, 6.45) is 1.09. The van der Waals surface area contributed by atoms with Crippen LogP contribution in [0.4, 0.5) is 0 Å². The van der Waals surface area contributed by atoms with Crippen LogP contribution >= 0.6 is 0 Å². The molecule has 3 nitrogen and oxygen atoms in total. The van der Waals surface area contributed by atoms with Gasteiger partial charge < -0.3 is 9.84 Å².